The number of nitrogens with zero attached hydrogens (tertiary/aromatic N) is 1. The predicted molar refractivity (Wildman–Crippen MR) is 82.0 cm³/mol. The molecule has 0 aliphatic heterocycles. The van der Waals surface area contributed by atoms with Crippen molar-refractivity contribution in [3.8, 4) is 0 Å². The molecule has 0 bridgehead atoms. The molecule has 2 nitrogen and oxygen atoms in total. The van der Waals surface area contributed by atoms with Crippen molar-refractivity contribution in [2.24, 2.45) is 16.6 Å². The molecular formula is C13H16ClIN2. The van der Waals surface area contributed by atoms with E-state index in [4.69, 9.17) is 17.3 Å². The zero-order valence-corrected chi connectivity index (χ0v) is 12.5. The third kappa shape index (κ3) is 3.58. The summed E-state index contributed by atoms with van der Waals surface area (Å²) in [7, 11) is 0. The van der Waals surface area contributed by atoms with Crippen LogP contribution in [0.2, 0.25) is 5.02 Å². The van der Waals surface area contributed by atoms with E-state index in [1.165, 1.54) is 32.1 Å². The van der Waals surface area contributed by atoms with Gasteiger partial charge in [-0.3, -0.25) is 0 Å². The SMILES string of the molecule is NC(=Nc1ccc(Cl)cc1I)C1CCCCC1. The van der Waals surface area contributed by atoms with Gasteiger partial charge in [-0.15, -0.1) is 0 Å². The fraction of sp³-hybridized carbons (Fsp3) is 0.462. The van der Waals surface area contributed by atoms with Gasteiger partial charge in [0, 0.05) is 14.5 Å². The van der Waals surface area contributed by atoms with Crippen LogP contribution < -0.4 is 5.73 Å². The Morgan fingerprint density at radius 2 is 2.00 bits per heavy atom. The number of nitrogens with two attached hydrogens (primary N) is 1. The molecule has 1 aromatic rings. The topological polar surface area (TPSA) is 38.4 Å². The first-order valence-corrected chi connectivity index (χ1v) is 7.41. The van der Waals surface area contributed by atoms with Crippen LogP contribution in [0.1, 0.15) is 32.1 Å². The van der Waals surface area contributed by atoms with E-state index < -0.39 is 0 Å². The van der Waals surface area contributed by atoms with Gasteiger partial charge < -0.3 is 5.73 Å². The van der Waals surface area contributed by atoms with Crippen LogP contribution >= 0.6 is 34.2 Å². The molecule has 0 unspecified atom stereocenters. The van der Waals surface area contributed by atoms with E-state index in [0.29, 0.717) is 5.92 Å². The van der Waals surface area contributed by atoms with Crippen LogP contribution in [0.15, 0.2) is 23.2 Å². The van der Waals surface area contributed by atoms with Gasteiger partial charge in [-0.2, -0.15) is 0 Å². The summed E-state index contributed by atoms with van der Waals surface area (Å²) in [5.41, 5.74) is 7.03. The Morgan fingerprint density at radius 1 is 1.29 bits per heavy atom. The molecule has 2 rings (SSSR count). The van der Waals surface area contributed by atoms with Gasteiger partial charge in [0.05, 0.1) is 5.69 Å². The van der Waals surface area contributed by atoms with Crippen molar-refractivity contribution in [1.29, 1.82) is 0 Å². The van der Waals surface area contributed by atoms with E-state index in [1.807, 2.05) is 18.2 Å². The molecule has 0 aromatic heterocycles. The summed E-state index contributed by atoms with van der Waals surface area (Å²) in [6.07, 6.45) is 6.25. The van der Waals surface area contributed by atoms with Gasteiger partial charge >= 0.3 is 0 Å². The first-order valence-electron chi connectivity index (χ1n) is 5.96. The monoisotopic (exact) mass is 362 g/mol. The molecule has 0 heterocycles. The lowest BCUT2D eigenvalue weighted by atomic mass is 9.88. The molecular weight excluding hydrogens is 347 g/mol. The second-order valence-corrected chi connectivity index (χ2v) is 6.07. The zero-order chi connectivity index (χ0) is 12.3. The number of halogens is 2. The highest BCUT2D eigenvalue weighted by Crippen LogP contribution is 2.28. The Kier molecular flexibility index (Phi) is 4.68. The Morgan fingerprint density at radius 3 is 2.65 bits per heavy atom. The normalized spacial score (nSPS) is 18.4. The van der Waals surface area contributed by atoms with Crippen molar-refractivity contribution in [2.75, 3.05) is 0 Å². The van der Waals surface area contributed by atoms with Gasteiger partial charge in [-0.05, 0) is 53.6 Å². The Bertz CT molecular complexity index is 425. The number of hydrogen-bond acceptors (Lipinski definition) is 1. The van der Waals surface area contributed by atoms with Crippen molar-refractivity contribution in [1.82, 2.24) is 0 Å². The smallest absolute Gasteiger partial charge is 0.103 e. The summed E-state index contributed by atoms with van der Waals surface area (Å²) in [4.78, 5) is 4.55. The van der Waals surface area contributed by atoms with Gasteiger partial charge in [0.25, 0.3) is 0 Å². The summed E-state index contributed by atoms with van der Waals surface area (Å²) in [5, 5.41) is 0.740. The molecule has 1 aromatic carbocycles. The third-order valence-corrected chi connectivity index (χ3v) is 4.28. The highest BCUT2D eigenvalue weighted by Gasteiger charge is 2.17. The van der Waals surface area contributed by atoms with Crippen molar-refractivity contribution in [3.05, 3.63) is 26.8 Å². The summed E-state index contributed by atoms with van der Waals surface area (Å²) in [6, 6.07) is 5.70. The van der Waals surface area contributed by atoms with Crippen LogP contribution in [-0.4, -0.2) is 5.84 Å². The number of rotatable bonds is 2. The molecule has 1 fully saturated rings. The molecule has 0 saturated heterocycles. The van der Waals surface area contributed by atoms with Crippen LogP contribution in [-0.2, 0) is 0 Å². The quantitative estimate of drug-likeness (QED) is 0.469. The highest BCUT2D eigenvalue weighted by molar-refractivity contribution is 14.1. The number of amidine groups is 1. The maximum atomic E-state index is 6.10. The third-order valence-electron chi connectivity index (χ3n) is 3.18. The molecule has 2 N–H and O–H groups in total. The van der Waals surface area contributed by atoms with Gasteiger partial charge in [-0.25, -0.2) is 4.99 Å². The van der Waals surface area contributed by atoms with Crippen molar-refractivity contribution in [2.45, 2.75) is 32.1 Å². The number of benzene rings is 1. The predicted octanol–water partition coefficient (Wildman–Crippen LogP) is 4.51. The van der Waals surface area contributed by atoms with Crippen LogP contribution in [0.4, 0.5) is 5.69 Å². The minimum Gasteiger partial charge on any atom is -0.387 e. The lowest BCUT2D eigenvalue weighted by molar-refractivity contribution is 0.437. The lowest BCUT2D eigenvalue weighted by Crippen LogP contribution is -2.25. The maximum Gasteiger partial charge on any atom is 0.103 e. The largest absolute Gasteiger partial charge is 0.387 e. The van der Waals surface area contributed by atoms with E-state index in [9.17, 15) is 0 Å². The maximum absolute atomic E-state index is 6.10. The van der Waals surface area contributed by atoms with Gasteiger partial charge in [0.2, 0.25) is 0 Å². The molecule has 17 heavy (non-hydrogen) atoms. The van der Waals surface area contributed by atoms with Gasteiger partial charge in [0.15, 0.2) is 0 Å². The fourth-order valence-corrected chi connectivity index (χ4v) is 3.19. The second kappa shape index (κ2) is 6.05. The lowest BCUT2D eigenvalue weighted by Gasteiger charge is -2.20. The summed E-state index contributed by atoms with van der Waals surface area (Å²) in [6.45, 7) is 0. The van der Waals surface area contributed by atoms with E-state index in [1.54, 1.807) is 0 Å². The van der Waals surface area contributed by atoms with Crippen molar-refractivity contribution in [3.63, 3.8) is 0 Å². The summed E-state index contributed by atoms with van der Waals surface area (Å²) >= 11 is 8.16. The molecule has 92 valence electrons. The molecule has 1 aliphatic carbocycles. The fourth-order valence-electron chi connectivity index (χ4n) is 2.20. The van der Waals surface area contributed by atoms with E-state index in [0.717, 1.165) is 20.1 Å². The standard InChI is InChI=1S/C13H16ClIN2/c14-10-6-7-12(11(15)8-10)17-13(16)9-4-2-1-3-5-9/h6-9H,1-5H2,(H2,16,17). The molecule has 0 amide bonds. The Hall–Kier alpha value is -0.290. The van der Waals surface area contributed by atoms with Gasteiger partial charge in [0.1, 0.15) is 5.84 Å². The zero-order valence-electron chi connectivity index (χ0n) is 9.63. The van der Waals surface area contributed by atoms with E-state index in [2.05, 4.69) is 27.6 Å². The van der Waals surface area contributed by atoms with E-state index >= 15 is 0 Å². The van der Waals surface area contributed by atoms with Crippen molar-refractivity contribution < 1.29 is 0 Å². The average Bonchev–Trinajstić information content (AvgIpc) is 2.34. The number of aliphatic imine (C=N–C) groups is 1. The van der Waals surface area contributed by atoms with Crippen LogP contribution in [0, 0.1) is 9.49 Å². The van der Waals surface area contributed by atoms with Crippen LogP contribution in [0.3, 0.4) is 0 Å². The molecule has 1 saturated carbocycles. The Labute approximate surface area is 121 Å². The summed E-state index contributed by atoms with van der Waals surface area (Å²) in [5.74, 6) is 1.25. The molecule has 1 aliphatic rings. The highest BCUT2D eigenvalue weighted by atomic mass is 127. The average molecular weight is 363 g/mol. The van der Waals surface area contributed by atoms with E-state index in [-0.39, 0.29) is 0 Å². The summed E-state index contributed by atoms with van der Waals surface area (Å²) < 4.78 is 1.05. The minimum absolute atomic E-state index is 0.468. The minimum atomic E-state index is 0.468. The molecule has 0 spiro atoms. The Balaban J connectivity index is 2.16. The molecule has 0 radical (unpaired) electrons. The van der Waals surface area contributed by atoms with Gasteiger partial charge in [-0.1, -0.05) is 30.9 Å². The number of hydrogen-bond donors (Lipinski definition) is 1. The first kappa shape index (κ1) is 13.1. The first-order chi connectivity index (χ1) is 8.16. The second-order valence-electron chi connectivity index (χ2n) is 4.47. The van der Waals surface area contributed by atoms with Crippen LogP contribution in [0.25, 0.3) is 0 Å². The molecule has 0 atom stereocenters. The van der Waals surface area contributed by atoms with Crippen molar-refractivity contribution >= 4 is 45.7 Å². The van der Waals surface area contributed by atoms with Crippen LogP contribution in [0.5, 0.6) is 0 Å². The molecule has 4 heteroatoms.